The van der Waals surface area contributed by atoms with E-state index in [0.717, 1.165) is 0 Å². The average Bonchev–Trinajstić information content (AvgIpc) is 2.34. The summed E-state index contributed by atoms with van der Waals surface area (Å²) in [5.41, 5.74) is 5.26. The zero-order chi connectivity index (χ0) is 13.7. The van der Waals surface area contributed by atoms with Gasteiger partial charge in [0.25, 0.3) is 0 Å². The van der Waals surface area contributed by atoms with Crippen molar-refractivity contribution in [2.75, 3.05) is 7.05 Å². The number of likely N-dealkylation sites (N-methyl/N-ethyl adjacent to an activating group) is 1. The van der Waals surface area contributed by atoms with Gasteiger partial charge in [0.15, 0.2) is 0 Å². The van der Waals surface area contributed by atoms with Gasteiger partial charge in [0.2, 0.25) is 0 Å². The SMILES string of the molecule is CNC(C1=CCCCCCC1)c1ncc(C)cc1C. The Morgan fingerprint density at radius 2 is 1.95 bits per heavy atom. The molecule has 0 saturated carbocycles. The highest BCUT2D eigenvalue weighted by atomic mass is 14.9. The molecule has 0 aliphatic heterocycles. The Hall–Kier alpha value is -1.15. The second-order valence-corrected chi connectivity index (χ2v) is 5.67. The molecule has 0 aromatic carbocycles. The number of hydrogen-bond acceptors (Lipinski definition) is 2. The van der Waals surface area contributed by atoms with E-state index in [1.165, 1.54) is 60.9 Å². The van der Waals surface area contributed by atoms with Crippen LogP contribution in [0.25, 0.3) is 0 Å². The van der Waals surface area contributed by atoms with Gasteiger partial charge in [-0.15, -0.1) is 0 Å². The topological polar surface area (TPSA) is 24.9 Å². The molecule has 19 heavy (non-hydrogen) atoms. The molecule has 2 heteroatoms. The van der Waals surface area contributed by atoms with Gasteiger partial charge < -0.3 is 5.32 Å². The first-order valence-electron chi connectivity index (χ1n) is 7.51. The first kappa shape index (κ1) is 14.3. The van der Waals surface area contributed by atoms with Crippen molar-refractivity contribution in [2.24, 2.45) is 0 Å². The molecule has 1 aliphatic carbocycles. The fourth-order valence-corrected chi connectivity index (χ4v) is 3.00. The molecule has 1 aromatic rings. The fourth-order valence-electron chi connectivity index (χ4n) is 3.00. The van der Waals surface area contributed by atoms with Crippen molar-refractivity contribution in [3.05, 3.63) is 40.7 Å². The number of aryl methyl sites for hydroxylation is 2. The van der Waals surface area contributed by atoms with Gasteiger partial charge in [0.1, 0.15) is 0 Å². The van der Waals surface area contributed by atoms with Crippen LogP contribution in [0.1, 0.15) is 61.4 Å². The first-order valence-corrected chi connectivity index (χ1v) is 7.51. The lowest BCUT2D eigenvalue weighted by Crippen LogP contribution is -2.21. The zero-order valence-corrected chi connectivity index (χ0v) is 12.5. The number of nitrogens with one attached hydrogen (secondary N) is 1. The zero-order valence-electron chi connectivity index (χ0n) is 12.5. The molecule has 104 valence electrons. The predicted molar refractivity (Wildman–Crippen MR) is 81.3 cm³/mol. The van der Waals surface area contributed by atoms with Crippen LogP contribution in [0.2, 0.25) is 0 Å². The lowest BCUT2D eigenvalue weighted by molar-refractivity contribution is 0.565. The summed E-state index contributed by atoms with van der Waals surface area (Å²) < 4.78 is 0. The van der Waals surface area contributed by atoms with Crippen molar-refractivity contribution >= 4 is 0 Å². The molecule has 1 aromatic heterocycles. The Kier molecular flexibility index (Phi) is 5.15. The van der Waals surface area contributed by atoms with Crippen LogP contribution in [0.4, 0.5) is 0 Å². The van der Waals surface area contributed by atoms with E-state index in [-0.39, 0.29) is 0 Å². The van der Waals surface area contributed by atoms with Crippen LogP contribution in [0.3, 0.4) is 0 Å². The van der Waals surface area contributed by atoms with Gasteiger partial charge in [-0.25, -0.2) is 0 Å². The highest BCUT2D eigenvalue weighted by Crippen LogP contribution is 2.29. The maximum atomic E-state index is 4.67. The van der Waals surface area contributed by atoms with E-state index in [4.69, 9.17) is 0 Å². The Morgan fingerprint density at radius 3 is 2.68 bits per heavy atom. The molecule has 0 fully saturated rings. The van der Waals surface area contributed by atoms with Crippen LogP contribution in [-0.2, 0) is 0 Å². The molecule has 1 N–H and O–H groups in total. The lowest BCUT2D eigenvalue weighted by atomic mass is 9.91. The van der Waals surface area contributed by atoms with E-state index in [2.05, 4.69) is 36.3 Å². The molecule has 1 unspecified atom stereocenters. The van der Waals surface area contributed by atoms with E-state index < -0.39 is 0 Å². The number of pyridine rings is 1. The van der Waals surface area contributed by atoms with Crippen molar-refractivity contribution in [3.63, 3.8) is 0 Å². The standard InChI is InChI=1S/C17H26N2/c1-13-11-14(2)16(19-12-13)17(18-3)15-9-7-5-4-6-8-10-15/h9,11-12,17-18H,4-8,10H2,1-3H3. The highest BCUT2D eigenvalue weighted by Gasteiger charge is 2.18. The van der Waals surface area contributed by atoms with Crippen LogP contribution in [-0.4, -0.2) is 12.0 Å². The van der Waals surface area contributed by atoms with E-state index in [9.17, 15) is 0 Å². The van der Waals surface area contributed by atoms with E-state index >= 15 is 0 Å². The molecule has 0 bridgehead atoms. The molecule has 0 spiro atoms. The van der Waals surface area contributed by atoms with Gasteiger partial charge in [-0.3, -0.25) is 4.98 Å². The minimum Gasteiger partial charge on any atom is -0.308 e. The summed E-state index contributed by atoms with van der Waals surface area (Å²) in [4.78, 5) is 4.67. The summed E-state index contributed by atoms with van der Waals surface area (Å²) in [5, 5.41) is 3.47. The highest BCUT2D eigenvalue weighted by molar-refractivity contribution is 5.31. The first-order chi connectivity index (χ1) is 9.22. The molecule has 0 amide bonds. The van der Waals surface area contributed by atoms with Crippen LogP contribution in [0, 0.1) is 13.8 Å². The van der Waals surface area contributed by atoms with E-state index in [1.807, 2.05) is 13.2 Å². The predicted octanol–water partition coefficient (Wildman–Crippen LogP) is 4.24. The van der Waals surface area contributed by atoms with E-state index in [0.29, 0.717) is 6.04 Å². The maximum Gasteiger partial charge on any atom is 0.0711 e. The minimum absolute atomic E-state index is 0.290. The third kappa shape index (κ3) is 3.66. The molecule has 1 atom stereocenters. The van der Waals surface area contributed by atoms with Crippen molar-refractivity contribution < 1.29 is 0 Å². The van der Waals surface area contributed by atoms with Crippen LogP contribution in [0.5, 0.6) is 0 Å². The molecule has 0 saturated heterocycles. The Bertz CT molecular complexity index is 449. The van der Waals surface area contributed by atoms with Gasteiger partial charge in [0, 0.05) is 6.20 Å². The van der Waals surface area contributed by atoms with Crippen molar-refractivity contribution in [2.45, 2.75) is 58.4 Å². The molecule has 0 radical (unpaired) electrons. The van der Waals surface area contributed by atoms with Crippen LogP contribution >= 0.6 is 0 Å². The Morgan fingerprint density at radius 1 is 1.16 bits per heavy atom. The fraction of sp³-hybridized carbons (Fsp3) is 0.588. The van der Waals surface area contributed by atoms with Crippen molar-refractivity contribution in [1.82, 2.24) is 10.3 Å². The maximum absolute atomic E-state index is 4.67. The summed E-state index contributed by atoms with van der Waals surface area (Å²) in [6.45, 7) is 4.27. The number of allylic oxidation sites excluding steroid dienone is 1. The van der Waals surface area contributed by atoms with Gasteiger partial charge >= 0.3 is 0 Å². The van der Waals surface area contributed by atoms with Crippen LogP contribution < -0.4 is 5.32 Å². The van der Waals surface area contributed by atoms with Crippen molar-refractivity contribution in [1.29, 1.82) is 0 Å². The smallest absolute Gasteiger partial charge is 0.0711 e. The molecular weight excluding hydrogens is 232 g/mol. The Labute approximate surface area is 117 Å². The number of hydrogen-bond donors (Lipinski definition) is 1. The third-order valence-corrected chi connectivity index (χ3v) is 4.01. The number of nitrogens with zero attached hydrogens (tertiary/aromatic N) is 1. The molecule has 1 heterocycles. The molecule has 2 rings (SSSR count). The van der Waals surface area contributed by atoms with Crippen molar-refractivity contribution in [3.8, 4) is 0 Å². The Balaban J connectivity index is 2.27. The monoisotopic (exact) mass is 258 g/mol. The largest absolute Gasteiger partial charge is 0.308 e. The summed E-state index contributed by atoms with van der Waals surface area (Å²) in [6.07, 6.45) is 12.3. The summed E-state index contributed by atoms with van der Waals surface area (Å²) in [7, 11) is 2.05. The number of aromatic nitrogens is 1. The minimum atomic E-state index is 0.290. The van der Waals surface area contributed by atoms with Crippen LogP contribution in [0.15, 0.2) is 23.9 Å². The van der Waals surface area contributed by atoms with E-state index in [1.54, 1.807) is 0 Å². The average molecular weight is 258 g/mol. The normalized spacial score (nSPS) is 18.4. The molecular formula is C17H26N2. The quantitative estimate of drug-likeness (QED) is 0.820. The van der Waals surface area contributed by atoms with Gasteiger partial charge in [-0.1, -0.05) is 30.6 Å². The summed E-state index contributed by atoms with van der Waals surface area (Å²) in [6, 6.07) is 2.52. The number of rotatable bonds is 3. The second-order valence-electron chi connectivity index (χ2n) is 5.67. The summed E-state index contributed by atoms with van der Waals surface area (Å²) >= 11 is 0. The second kappa shape index (κ2) is 6.85. The van der Waals surface area contributed by atoms with Gasteiger partial charge in [0.05, 0.1) is 11.7 Å². The molecule has 2 nitrogen and oxygen atoms in total. The van der Waals surface area contributed by atoms with Gasteiger partial charge in [-0.05, 0) is 57.7 Å². The third-order valence-electron chi connectivity index (χ3n) is 4.01. The lowest BCUT2D eigenvalue weighted by Gasteiger charge is -2.23. The van der Waals surface area contributed by atoms with Gasteiger partial charge in [-0.2, -0.15) is 0 Å². The molecule has 1 aliphatic rings. The summed E-state index contributed by atoms with van der Waals surface area (Å²) in [5.74, 6) is 0.